The van der Waals surface area contributed by atoms with E-state index >= 15 is 0 Å². The summed E-state index contributed by atoms with van der Waals surface area (Å²) in [7, 11) is -1.20. The number of anilines is 1. The third kappa shape index (κ3) is 7.57. The first-order valence-corrected chi connectivity index (χ1v) is 13.3. The maximum atomic E-state index is 13.7. The van der Waals surface area contributed by atoms with Crippen LogP contribution in [0.2, 0.25) is 10.0 Å². The Labute approximate surface area is 218 Å². The van der Waals surface area contributed by atoms with Crippen molar-refractivity contribution in [2.45, 2.75) is 45.8 Å². The third-order valence-corrected chi connectivity index (χ3v) is 7.78. The second kappa shape index (κ2) is 12.6. The molecule has 1 unspecified atom stereocenters. The van der Waals surface area contributed by atoms with Gasteiger partial charge in [0.05, 0.1) is 15.7 Å². The molecule has 1 atom stereocenters. The van der Waals surface area contributed by atoms with Gasteiger partial charge >= 0.3 is 10.2 Å². The van der Waals surface area contributed by atoms with Crippen molar-refractivity contribution in [1.82, 2.24) is 14.5 Å². The van der Waals surface area contributed by atoms with Gasteiger partial charge in [-0.3, -0.25) is 9.59 Å². The highest BCUT2D eigenvalue weighted by Gasteiger charge is 2.33. The molecule has 0 heterocycles. The van der Waals surface area contributed by atoms with Crippen molar-refractivity contribution in [3.63, 3.8) is 0 Å². The number of carbonyl (C=O) groups is 2. The predicted octanol–water partition coefficient (Wildman–Crippen LogP) is 3.94. The molecular formula is C24H32Cl2N4O4S. The van der Waals surface area contributed by atoms with Crippen molar-refractivity contribution in [2.75, 3.05) is 24.9 Å². The number of halogens is 2. The van der Waals surface area contributed by atoms with Crippen molar-refractivity contribution >= 4 is 50.9 Å². The van der Waals surface area contributed by atoms with Crippen LogP contribution in [-0.2, 0) is 26.3 Å². The normalized spacial score (nSPS) is 12.5. The van der Waals surface area contributed by atoms with Crippen LogP contribution in [0.1, 0.15) is 32.8 Å². The summed E-state index contributed by atoms with van der Waals surface area (Å²) in [6.07, 6.45) is 0.331. The third-order valence-electron chi connectivity index (χ3n) is 5.22. The van der Waals surface area contributed by atoms with Crippen LogP contribution in [0, 0.1) is 0 Å². The Morgan fingerprint density at radius 1 is 1.00 bits per heavy atom. The fourth-order valence-corrected chi connectivity index (χ4v) is 4.82. The number of benzene rings is 2. The van der Waals surface area contributed by atoms with Crippen molar-refractivity contribution in [2.24, 2.45) is 0 Å². The van der Waals surface area contributed by atoms with Crippen LogP contribution in [0.15, 0.2) is 48.5 Å². The number of hydrogen-bond donors (Lipinski definition) is 1. The lowest BCUT2D eigenvalue weighted by Crippen LogP contribution is -2.54. The lowest BCUT2D eigenvalue weighted by atomic mass is 10.1. The zero-order valence-electron chi connectivity index (χ0n) is 20.5. The number of amides is 2. The average molecular weight is 544 g/mol. The maximum Gasteiger partial charge on any atom is 0.304 e. The molecule has 2 rings (SSSR count). The molecule has 0 spiro atoms. The number of rotatable bonds is 11. The van der Waals surface area contributed by atoms with E-state index in [1.54, 1.807) is 55.5 Å². The maximum absolute atomic E-state index is 13.7. The Kier molecular flexibility index (Phi) is 10.4. The quantitative estimate of drug-likeness (QED) is 0.465. The van der Waals surface area contributed by atoms with Crippen molar-refractivity contribution in [1.29, 1.82) is 0 Å². The lowest BCUT2D eigenvalue weighted by Gasteiger charge is -2.34. The van der Waals surface area contributed by atoms with Gasteiger partial charge < -0.3 is 10.2 Å². The first-order valence-electron chi connectivity index (χ1n) is 11.2. The topological polar surface area (TPSA) is 90.0 Å². The largest absolute Gasteiger partial charge is 0.352 e. The number of para-hydroxylation sites is 1. The zero-order chi connectivity index (χ0) is 26.3. The number of nitrogens with one attached hydrogen (secondary N) is 1. The van der Waals surface area contributed by atoms with Crippen LogP contribution >= 0.6 is 23.2 Å². The molecule has 2 aromatic carbocycles. The van der Waals surface area contributed by atoms with E-state index in [9.17, 15) is 18.0 Å². The van der Waals surface area contributed by atoms with Gasteiger partial charge in [-0.15, -0.1) is 0 Å². The Bertz CT molecular complexity index is 1130. The molecule has 0 bridgehead atoms. The Hall–Kier alpha value is -2.33. The average Bonchev–Trinajstić information content (AvgIpc) is 2.79. The van der Waals surface area contributed by atoms with Crippen LogP contribution < -0.4 is 9.62 Å². The van der Waals surface area contributed by atoms with E-state index < -0.39 is 28.7 Å². The highest BCUT2D eigenvalue weighted by Crippen LogP contribution is 2.25. The second-order valence-electron chi connectivity index (χ2n) is 8.49. The van der Waals surface area contributed by atoms with E-state index in [0.717, 1.165) is 8.61 Å². The Morgan fingerprint density at radius 2 is 1.63 bits per heavy atom. The standard InChI is InChI=1S/C24H32Cl2N4O4S/c1-6-22(24(32)27-17(2)3)29(15-18-12-13-20(25)21(26)14-18)23(31)16-30(35(33,34)28(4)5)19-10-8-7-9-11-19/h7-14,17,22H,6,15-16H2,1-5H3,(H,27,32). The minimum absolute atomic E-state index is 0.0460. The molecule has 35 heavy (non-hydrogen) atoms. The van der Waals surface area contributed by atoms with Gasteiger partial charge in [-0.2, -0.15) is 12.7 Å². The van der Waals surface area contributed by atoms with Crippen LogP contribution in [0.3, 0.4) is 0 Å². The SMILES string of the molecule is CCC(C(=O)NC(C)C)N(Cc1ccc(Cl)c(Cl)c1)C(=O)CN(c1ccccc1)S(=O)(=O)N(C)C. The van der Waals surface area contributed by atoms with E-state index in [2.05, 4.69) is 5.32 Å². The molecule has 0 radical (unpaired) electrons. The van der Waals surface area contributed by atoms with E-state index in [4.69, 9.17) is 23.2 Å². The molecule has 0 saturated heterocycles. The fraction of sp³-hybridized carbons (Fsp3) is 0.417. The van der Waals surface area contributed by atoms with Gasteiger partial charge in [0.15, 0.2) is 0 Å². The van der Waals surface area contributed by atoms with Crippen molar-refractivity contribution in [3.8, 4) is 0 Å². The van der Waals surface area contributed by atoms with Crippen LogP contribution in [0.5, 0.6) is 0 Å². The first-order chi connectivity index (χ1) is 16.4. The van der Waals surface area contributed by atoms with Crippen molar-refractivity contribution < 1.29 is 18.0 Å². The van der Waals surface area contributed by atoms with Gasteiger partial charge in [0.1, 0.15) is 12.6 Å². The molecule has 11 heteroatoms. The van der Waals surface area contributed by atoms with E-state index in [1.807, 2.05) is 13.8 Å². The Balaban J connectivity index is 2.50. The van der Waals surface area contributed by atoms with Gasteiger partial charge in [-0.25, -0.2) is 4.31 Å². The summed E-state index contributed by atoms with van der Waals surface area (Å²) in [5, 5.41) is 3.53. The molecule has 2 aromatic rings. The summed E-state index contributed by atoms with van der Waals surface area (Å²) < 4.78 is 28.3. The molecule has 0 aliphatic rings. The smallest absolute Gasteiger partial charge is 0.304 e. The summed E-state index contributed by atoms with van der Waals surface area (Å²) in [5.41, 5.74) is 0.994. The van der Waals surface area contributed by atoms with Gasteiger partial charge in [0.2, 0.25) is 11.8 Å². The molecule has 0 aliphatic heterocycles. The minimum Gasteiger partial charge on any atom is -0.352 e. The van der Waals surface area contributed by atoms with Gasteiger partial charge in [-0.05, 0) is 50.1 Å². The van der Waals surface area contributed by atoms with Crippen LogP contribution in [-0.4, -0.2) is 62.2 Å². The molecule has 0 fully saturated rings. The first kappa shape index (κ1) is 28.9. The summed E-state index contributed by atoms with van der Waals surface area (Å²) in [4.78, 5) is 28.1. The highest BCUT2D eigenvalue weighted by molar-refractivity contribution is 7.90. The second-order valence-corrected chi connectivity index (χ2v) is 11.4. The molecule has 0 aromatic heterocycles. The van der Waals surface area contributed by atoms with Gasteiger partial charge in [0.25, 0.3) is 0 Å². The minimum atomic E-state index is -4.00. The van der Waals surface area contributed by atoms with Gasteiger partial charge in [-0.1, -0.05) is 54.4 Å². The van der Waals surface area contributed by atoms with Crippen LogP contribution in [0.4, 0.5) is 5.69 Å². The van der Waals surface area contributed by atoms with E-state index in [0.29, 0.717) is 27.7 Å². The highest BCUT2D eigenvalue weighted by atomic mass is 35.5. The zero-order valence-corrected chi connectivity index (χ0v) is 22.9. The molecule has 2 amide bonds. The molecule has 0 saturated carbocycles. The van der Waals surface area contributed by atoms with E-state index in [1.165, 1.54) is 19.0 Å². The molecule has 1 N–H and O–H groups in total. The van der Waals surface area contributed by atoms with Crippen LogP contribution in [0.25, 0.3) is 0 Å². The van der Waals surface area contributed by atoms with Crippen molar-refractivity contribution in [3.05, 3.63) is 64.1 Å². The monoisotopic (exact) mass is 542 g/mol. The summed E-state index contributed by atoms with van der Waals surface area (Å²) in [6, 6.07) is 12.4. The molecule has 0 aliphatic carbocycles. The summed E-state index contributed by atoms with van der Waals surface area (Å²) >= 11 is 12.2. The molecule has 8 nitrogen and oxygen atoms in total. The van der Waals surface area contributed by atoms with E-state index in [-0.39, 0.29) is 18.5 Å². The lowest BCUT2D eigenvalue weighted by molar-refractivity contribution is -0.140. The summed E-state index contributed by atoms with van der Waals surface area (Å²) in [5.74, 6) is -0.853. The van der Waals surface area contributed by atoms with Gasteiger partial charge in [0, 0.05) is 26.7 Å². The predicted molar refractivity (Wildman–Crippen MR) is 141 cm³/mol. The number of carbonyl (C=O) groups excluding carboxylic acids is 2. The molecule has 192 valence electrons. The molecular weight excluding hydrogens is 511 g/mol. The Morgan fingerprint density at radius 3 is 2.14 bits per heavy atom. The number of hydrogen-bond acceptors (Lipinski definition) is 4. The number of nitrogens with zero attached hydrogens (tertiary/aromatic N) is 3. The fourth-order valence-electron chi connectivity index (χ4n) is 3.45. The summed E-state index contributed by atoms with van der Waals surface area (Å²) in [6.45, 7) is 5.01.